The van der Waals surface area contributed by atoms with E-state index >= 15 is 0 Å². The number of sulfone groups is 1. The predicted molar refractivity (Wildman–Crippen MR) is 117 cm³/mol. The maximum Gasteiger partial charge on any atom is 0.230 e. The van der Waals surface area contributed by atoms with Crippen LogP contribution >= 0.6 is 0 Å². The number of benzene rings is 2. The van der Waals surface area contributed by atoms with Gasteiger partial charge in [0.25, 0.3) is 0 Å². The molecule has 31 heavy (non-hydrogen) atoms. The van der Waals surface area contributed by atoms with E-state index in [1.54, 1.807) is 34.1 Å². The number of rotatable bonds is 3. The van der Waals surface area contributed by atoms with Gasteiger partial charge in [0.05, 0.1) is 17.4 Å². The Morgan fingerprint density at radius 2 is 1.68 bits per heavy atom. The van der Waals surface area contributed by atoms with Gasteiger partial charge in [-0.05, 0) is 55.2 Å². The van der Waals surface area contributed by atoms with Crippen LogP contribution in [-0.2, 0) is 19.4 Å². The average Bonchev–Trinajstić information content (AvgIpc) is 2.64. The van der Waals surface area contributed by atoms with Gasteiger partial charge in [0.1, 0.15) is 10.7 Å². The van der Waals surface area contributed by atoms with E-state index in [2.05, 4.69) is 0 Å². The van der Waals surface area contributed by atoms with Gasteiger partial charge in [-0.25, -0.2) is 12.8 Å². The molecule has 0 unspecified atom stereocenters. The Morgan fingerprint density at radius 3 is 2.23 bits per heavy atom. The van der Waals surface area contributed by atoms with Crippen molar-refractivity contribution < 1.29 is 22.4 Å². The van der Waals surface area contributed by atoms with E-state index in [0.717, 1.165) is 25.5 Å². The molecule has 1 aliphatic carbocycles. The summed E-state index contributed by atoms with van der Waals surface area (Å²) in [6.45, 7) is 3.81. The Morgan fingerprint density at radius 1 is 1.03 bits per heavy atom. The Bertz CT molecular complexity index is 1170. The zero-order valence-corrected chi connectivity index (χ0v) is 18.6. The molecule has 0 bridgehead atoms. The van der Waals surface area contributed by atoms with Crippen LogP contribution in [0.1, 0.15) is 33.1 Å². The van der Waals surface area contributed by atoms with Crippen molar-refractivity contribution in [3.05, 3.63) is 42.2 Å². The summed E-state index contributed by atoms with van der Waals surface area (Å²) in [7, 11) is -3.67. The fourth-order valence-corrected chi connectivity index (χ4v) is 5.08. The molecule has 0 N–H and O–H groups in total. The highest BCUT2D eigenvalue weighted by molar-refractivity contribution is 7.90. The van der Waals surface area contributed by atoms with Gasteiger partial charge in [-0.15, -0.1) is 0 Å². The summed E-state index contributed by atoms with van der Waals surface area (Å²) in [5.41, 5.74) is 2.41. The van der Waals surface area contributed by atoms with Gasteiger partial charge in [-0.2, -0.15) is 0 Å². The van der Waals surface area contributed by atoms with Crippen molar-refractivity contribution in [3.8, 4) is 11.1 Å². The molecule has 0 aromatic heterocycles. The van der Waals surface area contributed by atoms with Gasteiger partial charge in [0, 0.05) is 25.6 Å². The van der Waals surface area contributed by atoms with Crippen LogP contribution in [0, 0.1) is 11.7 Å². The maximum atomic E-state index is 14.5. The summed E-state index contributed by atoms with van der Waals surface area (Å²) >= 11 is 0. The average molecular weight is 445 g/mol. The monoisotopic (exact) mass is 444 g/mol. The highest BCUT2D eigenvalue weighted by Gasteiger charge is 2.37. The fourth-order valence-electron chi connectivity index (χ4n) is 4.35. The zero-order valence-electron chi connectivity index (χ0n) is 17.8. The number of amides is 2. The Balaban J connectivity index is 1.81. The third kappa shape index (κ3) is 3.84. The largest absolute Gasteiger partial charge is 0.308 e. The molecule has 2 amide bonds. The predicted octanol–water partition coefficient (Wildman–Crippen LogP) is 3.78. The van der Waals surface area contributed by atoms with Gasteiger partial charge in [-0.3, -0.25) is 9.59 Å². The molecule has 1 aliphatic heterocycles. The van der Waals surface area contributed by atoms with Crippen LogP contribution in [0.25, 0.3) is 11.1 Å². The minimum absolute atomic E-state index is 0.000858. The quantitative estimate of drug-likeness (QED) is 0.722. The smallest absolute Gasteiger partial charge is 0.230 e. The summed E-state index contributed by atoms with van der Waals surface area (Å²) in [6, 6.07) is 9.13. The highest BCUT2D eigenvalue weighted by Crippen LogP contribution is 2.41. The number of carbonyl (C=O) groups excluding carboxylic acids is 2. The van der Waals surface area contributed by atoms with Gasteiger partial charge in [0.15, 0.2) is 9.84 Å². The normalized spacial score (nSPS) is 19.0. The number of hydrogen-bond donors (Lipinski definition) is 0. The second kappa shape index (κ2) is 7.75. The van der Waals surface area contributed by atoms with Crippen LogP contribution in [0.4, 0.5) is 15.8 Å². The summed E-state index contributed by atoms with van der Waals surface area (Å²) < 4.78 is 37.9. The zero-order chi connectivity index (χ0) is 22.5. The molecule has 0 saturated heterocycles. The molecule has 2 aromatic rings. The van der Waals surface area contributed by atoms with E-state index in [0.29, 0.717) is 29.0 Å². The van der Waals surface area contributed by atoms with Gasteiger partial charge >= 0.3 is 0 Å². The first kappa shape index (κ1) is 21.5. The molecule has 0 spiro atoms. The van der Waals surface area contributed by atoms with Gasteiger partial charge in [0.2, 0.25) is 11.8 Å². The van der Waals surface area contributed by atoms with E-state index < -0.39 is 15.7 Å². The van der Waals surface area contributed by atoms with Crippen molar-refractivity contribution in [2.24, 2.45) is 5.92 Å². The fraction of sp³-hybridized carbons (Fsp3) is 0.391. The third-order valence-electron chi connectivity index (χ3n) is 6.14. The summed E-state index contributed by atoms with van der Waals surface area (Å²) in [5.74, 6) is -0.878. The molecular weight excluding hydrogens is 419 g/mol. The van der Waals surface area contributed by atoms with E-state index in [4.69, 9.17) is 0 Å². The van der Waals surface area contributed by atoms with Crippen LogP contribution in [0.2, 0.25) is 0 Å². The topological polar surface area (TPSA) is 74.8 Å². The molecule has 6 nitrogen and oxygen atoms in total. The van der Waals surface area contributed by atoms with Gasteiger partial charge in [-0.1, -0.05) is 18.6 Å². The van der Waals surface area contributed by atoms with E-state index in [1.807, 2.05) is 6.92 Å². The second-order valence-electron chi connectivity index (χ2n) is 8.44. The number of nitrogens with zero attached hydrogens (tertiary/aromatic N) is 2. The lowest BCUT2D eigenvalue weighted by atomic mass is 9.84. The van der Waals surface area contributed by atoms with Crippen molar-refractivity contribution in [1.29, 1.82) is 0 Å². The summed E-state index contributed by atoms with van der Waals surface area (Å²) in [6.07, 6.45) is 3.74. The standard InChI is InChI=1S/C23H25FN2O4S/c1-14-13-25(23(28)16-5-4-6-16)21-12-18(7-9-20(21)26(14)15(2)27)17-8-10-22(19(24)11-17)31(3,29)30/h7-12,14,16H,4-6,13H2,1-3H3/t14-/m0/s1. The Kier molecular flexibility index (Phi) is 5.37. The van der Waals surface area contributed by atoms with Crippen LogP contribution in [-0.4, -0.2) is 39.1 Å². The van der Waals surface area contributed by atoms with Crippen LogP contribution in [0.5, 0.6) is 0 Å². The van der Waals surface area contributed by atoms with E-state index in [1.165, 1.54) is 19.1 Å². The van der Waals surface area contributed by atoms with Crippen molar-refractivity contribution in [1.82, 2.24) is 0 Å². The number of halogens is 1. The molecule has 2 aliphatic rings. The van der Waals surface area contributed by atoms with Crippen LogP contribution in [0.3, 0.4) is 0 Å². The molecule has 0 radical (unpaired) electrons. The van der Waals surface area contributed by atoms with Crippen LogP contribution in [0.15, 0.2) is 41.3 Å². The molecular formula is C23H25FN2O4S. The number of anilines is 2. The number of carbonyl (C=O) groups is 2. The molecule has 2 aromatic carbocycles. The highest BCUT2D eigenvalue weighted by atomic mass is 32.2. The number of hydrogen-bond acceptors (Lipinski definition) is 4. The van der Waals surface area contributed by atoms with E-state index in [9.17, 15) is 22.4 Å². The van der Waals surface area contributed by atoms with Crippen molar-refractivity contribution in [3.63, 3.8) is 0 Å². The lowest BCUT2D eigenvalue weighted by Crippen LogP contribution is -2.53. The third-order valence-corrected chi connectivity index (χ3v) is 7.27. The molecule has 1 atom stereocenters. The summed E-state index contributed by atoms with van der Waals surface area (Å²) in [4.78, 5) is 28.5. The van der Waals surface area contributed by atoms with Crippen LogP contribution < -0.4 is 9.80 Å². The minimum Gasteiger partial charge on any atom is -0.308 e. The van der Waals surface area contributed by atoms with Gasteiger partial charge < -0.3 is 9.80 Å². The molecule has 1 saturated carbocycles. The Hall–Kier alpha value is -2.74. The first-order valence-corrected chi connectivity index (χ1v) is 12.2. The lowest BCUT2D eigenvalue weighted by Gasteiger charge is -2.43. The molecule has 1 heterocycles. The number of fused-ring (bicyclic) bond motifs is 1. The van der Waals surface area contributed by atoms with Crippen molar-refractivity contribution in [2.45, 2.75) is 44.0 Å². The van der Waals surface area contributed by atoms with E-state index in [-0.39, 0.29) is 28.7 Å². The molecule has 164 valence electrons. The minimum atomic E-state index is -3.67. The molecule has 4 rings (SSSR count). The molecule has 1 fully saturated rings. The first-order chi connectivity index (χ1) is 14.6. The molecule has 8 heteroatoms. The van der Waals surface area contributed by atoms with Crippen molar-refractivity contribution >= 4 is 33.0 Å². The second-order valence-corrected chi connectivity index (χ2v) is 10.4. The summed E-state index contributed by atoms with van der Waals surface area (Å²) in [5, 5.41) is 0. The lowest BCUT2D eigenvalue weighted by molar-refractivity contribution is -0.125. The SMILES string of the molecule is CC(=O)N1c2ccc(-c3ccc(S(C)(=O)=O)c(F)c3)cc2N(C(=O)C2CCC2)C[C@@H]1C. The van der Waals surface area contributed by atoms with Crippen molar-refractivity contribution in [2.75, 3.05) is 22.6 Å². The Labute approximate surface area is 181 Å². The first-order valence-electron chi connectivity index (χ1n) is 10.3. The maximum absolute atomic E-state index is 14.5.